The minimum absolute atomic E-state index is 0.0850. The molecule has 0 fully saturated rings. The minimum Gasteiger partial charge on any atom is -0.470 e. The van der Waals surface area contributed by atoms with Crippen LogP contribution < -0.4 is 4.74 Å². The van der Waals surface area contributed by atoms with Crippen LogP contribution >= 0.6 is 23.8 Å². The van der Waals surface area contributed by atoms with Gasteiger partial charge in [0, 0.05) is 13.2 Å². The predicted octanol–water partition coefficient (Wildman–Crippen LogP) is 2.08. The number of likely N-dealkylation sites (N-methyl/N-ethyl adjacent to an activating group) is 1. The highest BCUT2D eigenvalue weighted by Gasteiger charge is 2.27. The SMILES string of the molecule is CC(Cl)C1CN(C)C(=S)c2cccnc2O1. The Hall–Kier alpha value is -0.870. The van der Waals surface area contributed by atoms with E-state index in [0.717, 1.165) is 10.6 Å². The molecule has 2 atom stereocenters. The van der Waals surface area contributed by atoms with Crippen LogP contribution in [0.25, 0.3) is 0 Å². The fraction of sp³-hybridized carbons (Fsp3) is 0.455. The van der Waals surface area contributed by atoms with Gasteiger partial charge in [-0.3, -0.25) is 0 Å². The van der Waals surface area contributed by atoms with E-state index in [2.05, 4.69) is 4.98 Å². The van der Waals surface area contributed by atoms with Crippen LogP contribution in [0.2, 0.25) is 0 Å². The summed E-state index contributed by atoms with van der Waals surface area (Å²) in [5.41, 5.74) is 0.861. The lowest BCUT2D eigenvalue weighted by molar-refractivity contribution is 0.174. The molecular formula is C11H13ClN2OS. The number of hydrogen-bond acceptors (Lipinski definition) is 3. The van der Waals surface area contributed by atoms with Crippen molar-refractivity contribution < 1.29 is 4.74 Å². The molecule has 0 bridgehead atoms. The Kier molecular flexibility index (Phi) is 3.30. The molecule has 3 nitrogen and oxygen atoms in total. The Morgan fingerprint density at radius 3 is 3.12 bits per heavy atom. The summed E-state index contributed by atoms with van der Waals surface area (Å²) in [6.07, 6.45) is 1.60. The molecule has 1 aromatic heterocycles. The summed E-state index contributed by atoms with van der Waals surface area (Å²) >= 11 is 11.5. The maximum Gasteiger partial charge on any atom is 0.224 e. The molecule has 0 saturated heterocycles. The molecule has 1 aromatic rings. The van der Waals surface area contributed by atoms with Crippen molar-refractivity contribution in [3.05, 3.63) is 23.9 Å². The van der Waals surface area contributed by atoms with E-state index in [1.165, 1.54) is 0 Å². The van der Waals surface area contributed by atoms with Gasteiger partial charge in [0.25, 0.3) is 0 Å². The second kappa shape index (κ2) is 4.55. The van der Waals surface area contributed by atoms with E-state index < -0.39 is 0 Å². The van der Waals surface area contributed by atoms with Crippen molar-refractivity contribution in [1.29, 1.82) is 0 Å². The fourth-order valence-electron chi connectivity index (χ4n) is 1.63. The van der Waals surface area contributed by atoms with Gasteiger partial charge >= 0.3 is 0 Å². The van der Waals surface area contributed by atoms with Crippen LogP contribution in [0.4, 0.5) is 0 Å². The maximum atomic E-state index is 6.09. The van der Waals surface area contributed by atoms with Gasteiger partial charge in [-0.15, -0.1) is 11.6 Å². The van der Waals surface area contributed by atoms with Crippen LogP contribution in [-0.2, 0) is 0 Å². The highest BCUT2D eigenvalue weighted by atomic mass is 35.5. The number of nitrogens with zero attached hydrogens (tertiary/aromatic N) is 2. The largest absolute Gasteiger partial charge is 0.470 e. The molecule has 2 unspecified atom stereocenters. The predicted molar refractivity (Wildman–Crippen MR) is 68.3 cm³/mol. The standard InChI is InChI=1S/C11H13ClN2OS/c1-7(12)9-6-14(2)11(16)8-4-3-5-13-10(8)15-9/h3-5,7,9H,6H2,1-2H3. The van der Waals surface area contributed by atoms with Crippen molar-refractivity contribution in [2.75, 3.05) is 13.6 Å². The number of pyridine rings is 1. The van der Waals surface area contributed by atoms with E-state index in [0.29, 0.717) is 12.4 Å². The van der Waals surface area contributed by atoms with Gasteiger partial charge in [0.05, 0.1) is 17.5 Å². The summed E-state index contributed by atoms with van der Waals surface area (Å²) < 4.78 is 5.79. The third-order valence-corrected chi connectivity index (χ3v) is 3.39. The van der Waals surface area contributed by atoms with Crippen LogP contribution in [0.15, 0.2) is 18.3 Å². The van der Waals surface area contributed by atoms with Gasteiger partial charge in [0.1, 0.15) is 11.1 Å². The summed E-state index contributed by atoms with van der Waals surface area (Å²) in [5.74, 6) is 0.578. The summed E-state index contributed by atoms with van der Waals surface area (Å²) in [7, 11) is 1.94. The average molecular weight is 257 g/mol. The van der Waals surface area contributed by atoms with Gasteiger partial charge < -0.3 is 9.64 Å². The number of halogens is 1. The van der Waals surface area contributed by atoms with Crippen molar-refractivity contribution in [2.24, 2.45) is 0 Å². The molecule has 86 valence electrons. The van der Waals surface area contributed by atoms with Gasteiger partial charge in [-0.05, 0) is 19.1 Å². The van der Waals surface area contributed by atoms with E-state index in [9.17, 15) is 0 Å². The van der Waals surface area contributed by atoms with E-state index in [1.807, 2.05) is 31.0 Å². The van der Waals surface area contributed by atoms with E-state index in [1.54, 1.807) is 6.20 Å². The molecule has 2 rings (SSSR count). The monoisotopic (exact) mass is 256 g/mol. The molecule has 1 aliphatic heterocycles. The van der Waals surface area contributed by atoms with Gasteiger partial charge in [0.15, 0.2) is 0 Å². The van der Waals surface area contributed by atoms with Crippen molar-refractivity contribution in [3.8, 4) is 5.88 Å². The molecule has 0 aromatic carbocycles. The summed E-state index contributed by atoms with van der Waals surface area (Å²) in [5, 5.41) is -0.0850. The first-order valence-electron chi connectivity index (χ1n) is 5.11. The molecule has 16 heavy (non-hydrogen) atoms. The van der Waals surface area contributed by atoms with Gasteiger partial charge in [0.2, 0.25) is 5.88 Å². The third kappa shape index (κ3) is 2.13. The van der Waals surface area contributed by atoms with Gasteiger partial charge in [-0.25, -0.2) is 4.98 Å². The lowest BCUT2D eigenvalue weighted by atomic mass is 10.2. The Balaban J connectivity index is 2.40. The second-order valence-electron chi connectivity index (χ2n) is 3.88. The lowest BCUT2D eigenvalue weighted by Gasteiger charge is -2.22. The first kappa shape index (κ1) is 11.6. The van der Waals surface area contributed by atoms with Crippen LogP contribution in [0.1, 0.15) is 12.5 Å². The summed E-state index contributed by atoms with van der Waals surface area (Å²) in [4.78, 5) is 6.93. The second-order valence-corrected chi connectivity index (χ2v) is 4.95. The number of thiocarbonyl (C=S) groups is 1. The van der Waals surface area contributed by atoms with E-state index in [4.69, 9.17) is 28.6 Å². The molecule has 0 saturated carbocycles. The fourth-order valence-corrected chi connectivity index (χ4v) is 1.99. The zero-order chi connectivity index (χ0) is 11.7. The van der Waals surface area contributed by atoms with Gasteiger partial charge in [-0.2, -0.15) is 0 Å². The van der Waals surface area contributed by atoms with Crippen molar-refractivity contribution >= 4 is 28.8 Å². The third-order valence-electron chi connectivity index (χ3n) is 2.58. The average Bonchev–Trinajstić information content (AvgIpc) is 2.38. The van der Waals surface area contributed by atoms with Crippen LogP contribution in [-0.4, -0.2) is 39.9 Å². The molecule has 0 aliphatic carbocycles. The zero-order valence-corrected chi connectivity index (χ0v) is 10.8. The number of hydrogen-bond donors (Lipinski definition) is 0. The zero-order valence-electron chi connectivity index (χ0n) is 9.18. The van der Waals surface area contributed by atoms with E-state index in [-0.39, 0.29) is 11.5 Å². The Morgan fingerprint density at radius 2 is 2.44 bits per heavy atom. The number of ether oxygens (including phenoxy) is 1. The molecule has 0 radical (unpaired) electrons. The van der Waals surface area contributed by atoms with Crippen molar-refractivity contribution in [3.63, 3.8) is 0 Å². The maximum absolute atomic E-state index is 6.09. The van der Waals surface area contributed by atoms with Gasteiger partial charge in [-0.1, -0.05) is 12.2 Å². The lowest BCUT2D eigenvalue weighted by Crippen LogP contribution is -2.37. The Labute approximate surface area is 105 Å². The minimum atomic E-state index is -0.0965. The Morgan fingerprint density at radius 1 is 1.69 bits per heavy atom. The van der Waals surface area contributed by atoms with Crippen molar-refractivity contribution in [2.45, 2.75) is 18.4 Å². The molecule has 0 amide bonds. The summed E-state index contributed by atoms with van der Waals surface area (Å²) in [6, 6.07) is 3.77. The smallest absolute Gasteiger partial charge is 0.224 e. The number of rotatable bonds is 1. The normalized spacial score (nSPS) is 22.1. The Bertz CT molecular complexity index is 411. The summed E-state index contributed by atoms with van der Waals surface area (Å²) in [6.45, 7) is 2.59. The van der Waals surface area contributed by atoms with Crippen molar-refractivity contribution in [1.82, 2.24) is 9.88 Å². The number of alkyl halides is 1. The quantitative estimate of drug-likeness (QED) is 0.568. The first-order chi connectivity index (χ1) is 7.59. The highest BCUT2D eigenvalue weighted by molar-refractivity contribution is 7.80. The topological polar surface area (TPSA) is 25.4 Å². The molecule has 1 aliphatic rings. The van der Waals surface area contributed by atoms with Crippen LogP contribution in [0, 0.1) is 0 Å². The molecule has 0 spiro atoms. The highest BCUT2D eigenvalue weighted by Crippen LogP contribution is 2.24. The van der Waals surface area contributed by atoms with E-state index >= 15 is 0 Å². The van der Waals surface area contributed by atoms with Crippen LogP contribution in [0.5, 0.6) is 5.88 Å². The molecular weight excluding hydrogens is 244 g/mol. The van der Waals surface area contributed by atoms with Crippen LogP contribution in [0.3, 0.4) is 0 Å². The molecule has 5 heteroatoms. The molecule has 0 N–H and O–H groups in total. The number of fused-ring (bicyclic) bond motifs is 1. The first-order valence-corrected chi connectivity index (χ1v) is 5.95. The molecule has 2 heterocycles. The number of aromatic nitrogens is 1.